The number of benzene rings is 2. The van der Waals surface area contributed by atoms with Crippen molar-refractivity contribution in [2.75, 3.05) is 13.7 Å². The average Bonchev–Trinajstić information content (AvgIpc) is 3.52. The summed E-state index contributed by atoms with van der Waals surface area (Å²) in [5, 5.41) is 36.0. The SMILES string of the molecule is COc1c(CN2O[C@@H](CO)C([C@H](C)O)[C@H]2C(=O)N[C@H]2C[C@H]3C[C@@H]([C@@H]2C)C3(C)C)cccc1-c1cc2c(c(C(=O)O)c1)OC(C)(C)C2. The topological polar surface area (TPSA) is 138 Å². The van der Waals surface area contributed by atoms with E-state index in [0.717, 1.165) is 12.0 Å². The van der Waals surface area contributed by atoms with Gasteiger partial charge in [-0.2, -0.15) is 5.06 Å². The molecule has 8 atom stereocenters. The molecule has 5 aliphatic rings. The zero-order valence-corrected chi connectivity index (χ0v) is 27.9. The van der Waals surface area contributed by atoms with E-state index in [1.54, 1.807) is 25.2 Å². The lowest BCUT2D eigenvalue weighted by atomic mass is 9.45. The number of fused-ring (bicyclic) bond motifs is 3. The number of nitrogens with one attached hydrogen (secondary N) is 1. The fourth-order valence-corrected chi connectivity index (χ4v) is 8.86. The van der Waals surface area contributed by atoms with Gasteiger partial charge in [-0.1, -0.05) is 39.0 Å². The van der Waals surface area contributed by atoms with Crippen molar-refractivity contribution in [3.05, 3.63) is 47.0 Å². The van der Waals surface area contributed by atoms with Crippen LogP contribution < -0.4 is 14.8 Å². The molecule has 2 aromatic carbocycles. The summed E-state index contributed by atoms with van der Waals surface area (Å²) < 4.78 is 11.9. The third-order valence-corrected chi connectivity index (χ3v) is 11.4. The predicted octanol–water partition coefficient (Wildman–Crippen LogP) is 4.43. The molecule has 4 N–H and O–H groups in total. The summed E-state index contributed by atoms with van der Waals surface area (Å²) in [6.07, 6.45) is 1.01. The van der Waals surface area contributed by atoms with Gasteiger partial charge in [0, 0.05) is 29.5 Å². The van der Waals surface area contributed by atoms with E-state index in [1.165, 1.54) is 6.42 Å². The van der Waals surface area contributed by atoms with Crippen molar-refractivity contribution >= 4 is 11.9 Å². The molecule has 2 aromatic rings. The van der Waals surface area contributed by atoms with Gasteiger partial charge in [0.15, 0.2) is 0 Å². The summed E-state index contributed by atoms with van der Waals surface area (Å²) in [7, 11) is 1.56. The summed E-state index contributed by atoms with van der Waals surface area (Å²) in [5.41, 5.74) is 2.75. The zero-order valence-electron chi connectivity index (χ0n) is 27.9. The predicted molar refractivity (Wildman–Crippen MR) is 171 cm³/mol. The Morgan fingerprint density at radius 2 is 1.91 bits per heavy atom. The quantitative estimate of drug-likeness (QED) is 0.315. The van der Waals surface area contributed by atoms with Crippen molar-refractivity contribution in [3.63, 3.8) is 0 Å². The van der Waals surface area contributed by atoms with Gasteiger partial charge < -0.3 is 30.1 Å². The van der Waals surface area contributed by atoms with Crippen LogP contribution in [0.5, 0.6) is 11.5 Å². The maximum absolute atomic E-state index is 14.1. The van der Waals surface area contributed by atoms with E-state index in [1.807, 2.05) is 38.1 Å². The standard InChI is InChI=1S/C36H48N2O8/c1-18-26-13-23(36(26,5)6)14-27(18)37-33(41)30-29(19(2)40)28(17-39)46-38(30)16-20-9-8-10-24(31(20)44-7)21-11-22-15-35(3,4)45-32(22)25(12-21)34(42)43/h8-12,18-19,23,26-30,39-40H,13-17H2,1-7H3,(H,37,41)(H,42,43)/t18-,19-,23+,26-,27-,28-,29?,30-/m0/s1. The molecule has 46 heavy (non-hydrogen) atoms. The summed E-state index contributed by atoms with van der Waals surface area (Å²) in [6.45, 7) is 12.1. The van der Waals surface area contributed by atoms with Crippen LogP contribution in [0.1, 0.15) is 75.9 Å². The highest BCUT2D eigenvalue weighted by Gasteiger charge is 2.57. The number of carbonyl (C=O) groups is 2. The normalized spacial score (nSPS) is 31.4. The van der Waals surface area contributed by atoms with Crippen molar-refractivity contribution in [1.82, 2.24) is 10.4 Å². The highest BCUT2D eigenvalue weighted by Crippen LogP contribution is 2.61. The second-order valence-corrected chi connectivity index (χ2v) is 15.1. The van der Waals surface area contributed by atoms with Crippen LogP contribution in [0.3, 0.4) is 0 Å². The van der Waals surface area contributed by atoms with E-state index in [0.29, 0.717) is 52.4 Å². The molecule has 0 radical (unpaired) electrons. The zero-order chi connectivity index (χ0) is 33.3. The number of aromatic carboxylic acids is 1. The molecule has 0 spiro atoms. The van der Waals surface area contributed by atoms with Crippen molar-refractivity contribution in [2.24, 2.45) is 29.1 Å². The molecule has 1 saturated heterocycles. The van der Waals surface area contributed by atoms with E-state index in [-0.39, 0.29) is 36.1 Å². The van der Waals surface area contributed by atoms with Crippen LogP contribution in [0, 0.1) is 29.1 Å². The summed E-state index contributed by atoms with van der Waals surface area (Å²) >= 11 is 0. The second-order valence-electron chi connectivity index (χ2n) is 15.1. The molecule has 2 aliphatic heterocycles. The lowest BCUT2D eigenvalue weighted by molar-refractivity contribution is -0.183. The van der Waals surface area contributed by atoms with Crippen LogP contribution in [0.15, 0.2) is 30.3 Å². The third kappa shape index (κ3) is 5.47. The first-order valence-electron chi connectivity index (χ1n) is 16.4. The number of hydrogen-bond acceptors (Lipinski definition) is 8. The number of nitrogens with zero attached hydrogens (tertiary/aromatic N) is 1. The van der Waals surface area contributed by atoms with E-state index >= 15 is 0 Å². The van der Waals surface area contributed by atoms with Crippen molar-refractivity contribution in [3.8, 4) is 22.6 Å². The smallest absolute Gasteiger partial charge is 0.339 e. The molecule has 2 bridgehead atoms. The highest BCUT2D eigenvalue weighted by molar-refractivity contribution is 5.94. The number of carbonyl (C=O) groups excluding carboxylic acids is 1. The molecule has 250 valence electrons. The van der Waals surface area contributed by atoms with Gasteiger partial charge >= 0.3 is 5.97 Å². The lowest BCUT2D eigenvalue weighted by Crippen LogP contribution is -2.62. The molecular weight excluding hydrogens is 588 g/mol. The molecule has 3 saturated carbocycles. The van der Waals surface area contributed by atoms with Gasteiger partial charge in [-0.25, -0.2) is 4.79 Å². The highest BCUT2D eigenvalue weighted by atomic mass is 16.7. The first kappa shape index (κ1) is 32.7. The minimum Gasteiger partial charge on any atom is -0.496 e. The number of carboxylic acid groups (broad SMARTS) is 1. The molecule has 1 amide bonds. The van der Waals surface area contributed by atoms with Crippen molar-refractivity contribution < 1.29 is 39.2 Å². The maximum atomic E-state index is 14.1. The molecule has 7 rings (SSSR count). The van der Waals surface area contributed by atoms with E-state index in [9.17, 15) is 24.9 Å². The van der Waals surface area contributed by atoms with Crippen molar-refractivity contribution in [1.29, 1.82) is 0 Å². The fraction of sp³-hybridized carbons (Fsp3) is 0.611. The van der Waals surface area contributed by atoms with Crippen LogP contribution in [-0.4, -0.2) is 75.9 Å². The Labute approximate surface area is 271 Å². The molecule has 4 fully saturated rings. The van der Waals surface area contributed by atoms with Crippen LogP contribution in [0.4, 0.5) is 0 Å². The van der Waals surface area contributed by atoms with Gasteiger partial charge in [0.2, 0.25) is 5.91 Å². The van der Waals surface area contributed by atoms with Crippen LogP contribution in [-0.2, 0) is 22.6 Å². The van der Waals surface area contributed by atoms with Crippen molar-refractivity contribution in [2.45, 2.75) is 97.2 Å². The van der Waals surface area contributed by atoms with Gasteiger partial charge in [-0.3, -0.25) is 9.63 Å². The molecule has 0 aromatic heterocycles. The van der Waals surface area contributed by atoms with Crippen LogP contribution in [0.25, 0.3) is 11.1 Å². The first-order valence-corrected chi connectivity index (χ1v) is 16.4. The fourth-order valence-electron chi connectivity index (χ4n) is 8.86. The van der Waals surface area contributed by atoms with E-state index < -0.39 is 35.7 Å². The van der Waals surface area contributed by atoms with Gasteiger partial charge in [-0.15, -0.1) is 0 Å². The maximum Gasteiger partial charge on any atom is 0.339 e. The monoisotopic (exact) mass is 636 g/mol. The Kier molecular flexibility index (Phi) is 8.41. The average molecular weight is 637 g/mol. The number of carboxylic acids is 1. The number of para-hydroxylation sites is 1. The number of aliphatic hydroxyl groups is 2. The van der Waals surface area contributed by atoms with E-state index in [4.69, 9.17) is 14.3 Å². The Morgan fingerprint density at radius 3 is 2.52 bits per heavy atom. The van der Waals surface area contributed by atoms with E-state index in [2.05, 4.69) is 26.1 Å². The number of hydrogen-bond donors (Lipinski definition) is 4. The molecule has 10 nitrogen and oxygen atoms in total. The number of methoxy groups -OCH3 is 1. The van der Waals surface area contributed by atoms with Gasteiger partial charge in [0.05, 0.1) is 26.4 Å². The molecule has 2 heterocycles. The summed E-state index contributed by atoms with van der Waals surface area (Å²) in [6, 6.07) is 8.35. The third-order valence-electron chi connectivity index (χ3n) is 11.4. The molecule has 1 unspecified atom stereocenters. The Morgan fingerprint density at radius 1 is 1.17 bits per heavy atom. The Hall–Kier alpha value is -3.18. The number of rotatable bonds is 9. The lowest BCUT2D eigenvalue weighted by Gasteiger charge is -2.62. The number of hydroxylamine groups is 2. The van der Waals surface area contributed by atoms with Crippen LogP contribution >= 0.6 is 0 Å². The van der Waals surface area contributed by atoms with Gasteiger partial charge in [-0.05, 0) is 80.0 Å². The minimum absolute atomic E-state index is 0.0315. The molecule has 3 aliphatic carbocycles. The van der Waals surface area contributed by atoms with Crippen LogP contribution in [0.2, 0.25) is 0 Å². The largest absolute Gasteiger partial charge is 0.496 e. The number of amides is 1. The van der Waals surface area contributed by atoms with Gasteiger partial charge in [0.1, 0.15) is 34.8 Å². The summed E-state index contributed by atoms with van der Waals surface area (Å²) in [4.78, 5) is 32.5. The first-order chi connectivity index (χ1) is 21.7. The second kappa shape index (κ2) is 11.8. The Bertz CT molecular complexity index is 1520. The number of aliphatic hydroxyl groups excluding tert-OH is 2. The van der Waals surface area contributed by atoms with Gasteiger partial charge in [0.25, 0.3) is 0 Å². The summed E-state index contributed by atoms with van der Waals surface area (Å²) in [5.74, 6) is 0.412. The molecule has 10 heteroatoms. The minimum atomic E-state index is -1.07. The number of ether oxygens (including phenoxy) is 2. The molecular formula is C36H48N2O8. The Balaban J connectivity index is 1.31.